The van der Waals surface area contributed by atoms with Gasteiger partial charge in [0.05, 0.1) is 21.5 Å². The fourth-order valence-corrected chi connectivity index (χ4v) is 3.05. The van der Waals surface area contributed by atoms with Gasteiger partial charge in [0.2, 0.25) is 0 Å². The van der Waals surface area contributed by atoms with E-state index in [4.69, 9.17) is 0 Å². The fraction of sp³-hybridized carbons (Fsp3) is 0.333. The first-order valence-electron chi connectivity index (χ1n) is 9.88. The number of aromatic nitrogens is 2. The first-order chi connectivity index (χ1) is 15.1. The van der Waals surface area contributed by atoms with Gasteiger partial charge in [-0.15, -0.1) is 0 Å². The quantitative estimate of drug-likeness (QED) is 0.282. The molecule has 3 rings (SSSR count). The number of rotatable bonds is 9. The third-order valence-corrected chi connectivity index (χ3v) is 4.65. The summed E-state index contributed by atoms with van der Waals surface area (Å²) in [6.07, 6.45) is -3.61. The molecule has 1 aromatic heterocycles. The summed E-state index contributed by atoms with van der Waals surface area (Å²) in [5.74, 6) is 0.734. The van der Waals surface area contributed by atoms with Crippen LogP contribution in [-0.2, 0) is 12.7 Å². The number of hydrogen-bond acceptors (Lipinski definition) is 7. The molecule has 0 aliphatic heterocycles. The first kappa shape index (κ1) is 23.2. The van der Waals surface area contributed by atoms with Crippen LogP contribution in [0.15, 0.2) is 42.5 Å². The van der Waals surface area contributed by atoms with Crippen LogP contribution in [0.5, 0.6) is 0 Å². The number of benzene rings is 2. The Morgan fingerprint density at radius 1 is 1.03 bits per heavy atom. The Balaban J connectivity index is 1.86. The summed E-state index contributed by atoms with van der Waals surface area (Å²) >= 11 is 0. The Hall–Kier alpha value is -3.47. The zero-order chi connectivity index (χ0) is 23.3. The van der Waals surface area contributed by atoms with Gasteiger partial charge in [-0.25, -0.2) is 9.97 Å². The largest absolute Gasteiger partial charge is 0.416 e. The van der Waals surface area contributed by atoms with Crippen LogP contribution in [0.4, 0.5) is 30.5 Å². The number of nitro groups is 1. The molecule has 2 N–H and O–H groups in total. The zero-order valence-electron chi connectivity index (χ0n) is 17.6. The van der Waals surface area contributed by atoms with E-state index in [-0.39, 0.29) is 12.2 Å². The lowest BCUT2D eigenvalue weighted by Gasteiger charge is -2.15. The van der Waals surface area contributed by atoms with Gasteiger partial charge in [-0.2, -0.15) is 13.2 Å². The lowest BCUT2D eigenvalue weighted by molar-refractivity contribution is -0.384. The average molecular weight is 448 g/mol. The van der Waals surface area contributed by atoms with E-state index in [9.17, 15) is 23.3 Å². The van der Waals surface area contributed by atoms with Crippen molar-refractivity contribution in [3.05, 3.63) is 63.7 Å². The maximum absolute atomic E-state index is 13.0. The van der Waals surface area contributed by atoms with Crippen LogP contribution in [0.1, 0.15) is 17.5 Å². The average Bonchev–Trinajstić information content (AvgIpc) is 2.74. The highest BCUT2D eigenvalue weighted by Gasteiger charge is 2.30. The van der Waals surface area contributed by atoms with Gasteiger partial charge >= 0.3 is 6.18 Å². The third-order valence-electron chi connectivity index (χ3n) is 4.65. The predicted octanol–water partition coefficient (Wildman–Crippen LogP) is 4.53. The number of nitrogens with zero attached hydrogens (tertiary/aromatic N) is 4. The lowest BCUT2D eigenvalue weighted by atomic mass is 10.1. The Bertz CT molecular complexity index is 1100. The van der Waals surface area contributed by atoms with Crippen molar-refractivity contribution in [3.63, 3.8) is 0 Å². The second-order valence-electron chi connectivity index (χ2n) is 7.49. The molecule has 0 bridgehead atoms. The summed E-state index contributed by atoms with van der Waals surface area (Å²) in [6.45, 7) is 1.52. The highest BCUT2D eigenvalue weighted by molar-refractivity contribution is 5.82. The maximum Gasteiger partial charge on any atom is 0.416 e. The topological polar surface area (TPSA) is 96.2 Å². The van der Waals surface area contributed by atoms with Crippen LogP contribution in [0, 0.1) is 10.1 Å². The molecule has 0 spiro atoms. The molecule has 0 aliphatic carbocycles. The van der Waals surface area contributed by atoms with Crippen molar-refractivity contribution >= 4 is 28.4 Å². The molecule has 1 heterocycles. The molecule has 0 saturated heterocycles. The van der Waals surface area contributed by atoms with E-state index in [0.717, 1.165) is 25.1 Å². The number of anilines is 2. The molecule has 11 heteroatoms. The van der Waals surface area contributed by atoms with Crippen molar-refractivity contribution < 1.29 is 18.1 Å². The number of alkyl halides is 3. The Kier molecular flexibility index (Phi) is 7.08. The summed E-state index contributed by atoms with van der Waals surface area (Å²) < 4.78 is 39.0. The van der Waals surface area contributed by atoms with Gasteiger partial charge in [-0.3, -0.25) is 10.1 Å². The van der Waals surface area contributed by atoms with Gasteiger partial charge in [0.25, 0.3) is 5.69 Å². The van der Waals surface area contributed by atoms with Crippen LogP contribution in [0.3, 0.4) is 0 Å². The number of non-ortho nitro benzene ring substituents is 1. The minimum atomic E-state index is -4.42. The van der Waals surface area contributed by atoms with Gasteiger partial charge in [0.1, 0.15) is 0 Å². The second kappa shape index (κ2) is 9.77. The lowest BCUT2D eigenvalue weighted by Crippen LogP contribution is -2.17. The number of nitrogens with one attached hydrogen (secondary N) is 2. The van der Waals surface area contributed by atoms with Crippen LogP contribution in [0.25, 0.3) is 11.0 Å². The van der Waals surface area contributed by atoms with Gasteiger partial charge < -0.3 is 15.5 Å². The predicted molar refractivity (Wildman–Crippen MR) is 117 cm³/mol. The molecule has 0 atom stereocenters. The molecule has 2 aromatic carbocycles. The summed E-state index contributed by atoms with van der Waals surface area (Å²) in [6, 6.07) is 9.20. The van der Waals surface area contributed by atoms with Crippen LogP contribution >= 0.6 is 0 Å². The highest BCUT2D eigenvalue weighted by Crippen LogP contribution is 2.30. The number of fused-ring (bicyclic) bond motifs is 1. The van der Waals surface area contributed by atoms with E-state index in [0.29, 0.717) is 34.8 Å². The SMILES string of the molecule is CN(C)CCCNc1nc2cc([N+](=O)[O-])ccc2nc1NCc1cccc(C(F)(F)F)c1. The zero-order valence-corrected chi connectivity index (χ0v) is 17.6. The van der Waals surface area contributed by atoms with Crippen molar-refractivity contribution in [2.45, 2.75) is 19.1 Å². The molecule has 0 fully saturated rings. The summed E-state index contributed by atoms with van der Waals surface area (Å²) in [7, 11) is 3.91. The van der Waals surface area contributed by atoms with Crippen molar-refractivity contribution in [2.24, 2.45) is 0 Å². The van der Waals surface area contributed by atoms with E-state index in [1.807, 2.05) is 19.0 Å². The minimum Gasteiger partial charge on any atom is -0.367 e. The first-order valence-corrected chi connectivity index (χ1v) is 9.88. The standard InChI is InChI=1S/C21H23F3N6O2/c1-29(2)10-4-9-25-19-20(26-13-14-5-3-6-15(11-14)21(22,23)24)27-17-8-7-16(30(31)32)12-18(17)28-19/h3,5-8,11-12H,4,9-10,13H2,1-2H3,(H,25,28)(H,26,27). The molecule has 0 amide bonds. The molecular weight excluding hydrogens is 425 g/mol. The fourth-order valence-electron chi connectivity index (χ4n) is 3.05. The van der Waals surface area contributed by atoms with Gasteiger partial charge in [0, 0.05) is 25.2 Å². The molecular formula is C21H23F3N6O2. The monoisotopic (exact) mass is 448 g/mol. The second-order valence-corrected chi connectivity index (χ2v) is 7.49. The number of halogens is 3. The van der Waals surface area contributed by atoms with Gasteiger partial charge in [0.15, 0.2) is 11.6 Å². The molecule has 3 aromatic rings. The molecule has 0 saturated carbocycles. The van der Waals surface area contributed by atoms with Crippen molar-refractivity contribution in [1.82, 2.24) is 14.9 Å². The molecule has 8 nitrogen and oxygen atoms in total. The summed E-state index contributed by atoms with van der Waals surface area (Å²) in [5.41, 5.74) is 0.384. The van der Waals surface area contributed by atoms with E-state index in [2.05, 4.69) is 20.6 Å². The highest BCUT2D eigenvalue weighted by atomic mass is 19.4. The third kappa shape index (κ3) is 6.03. The van der Waals surface area contributed by atoms with Crippen molar-refractivity contribution in [3.8, 4) is 0 Å². The van der Waals surface area contributed by atoms with E-state index in [1.165, 1.54) is 24.3 Å². The Labute approximate surface area is 182 Å². The summed E-state index contributed by atoms with van der Waals surface area (Å²) in [4.78, 5) is 21.6. The molecule has 0 unspecified atom stereocenters. The Morgan fingerprint density at radius 2 is 1.75 bits per heavy atom. The number of hydrogen-bond donors (Lipinski definition) is 2. The van der Waals surface area contributed by atoms with Gasteiger partial charge in [-0.05, 0) is 50.8 Å². The molecule has 0 radical (unpaired) electrons. The maximum atomic E-state index is 13.0. The van der Waals surface area contributed by atoms with Gasteiger partial charge in [-0.1, -0.05) is 12.1 Å². The van der Waals surface area contributed by atoms with Crippen LogP contribution in [0.2, 0.25) is 0 Å². The van der Waals surface area contributed by atoms with E-state index < -0.39 is 16.7 Å². The van der Waals surface area contributed by atoms with E-state index >= 15 is 0 Å². The molecule has 0 aliphatic rings. The van der Waals surface area contributed by atoms with Crippen molar-refractivity contribution in [2.75, 3.05) is 37.8 Å². The normalized spacial score (nSPS) is 11.7. The molecule has 32 heavy (non-hydrogen) atoms. The van der Waals surface area contributed by atoms with Crippen molar-refractivity contribution in [1.29, 1.82) is 0 Å². The van der Waals surface area contributed by atoms with Crippen LogP contribution in [-0.4, -0.2) is 47.0 Å². The Morgan fingerprint density at radius 3 is 2.44 bits per heavy atom. The van der Waals surface area contributed by atoms with Crippen LogP contribution < -0.4 is 10.6 Å². The number of nitro benzene ring substituents is 1. The smallest absolute Gasteiger partial charge is 0.367 e. The van der Waals surface area contributed by atoms with E-state index in [1.54, 1.807) is 6.07 Å². The minimum absolute atomic E-state index is 0.101. The summed E-state index contributed by atoms with van der Waals surface area (Å²) in [5, 5.41) is 17.3. The molecule has 170 valence electrons.